The Morgan fingerprint density at radius 1 is 1.71 bits per heavy atom. The van der Waals surface area contributed by atoms with Crippen molar-refractivity contribution in [2.75, 3.05) is 13.1 Å². The van der Waals surface area contributed by atoms with Gasteiger partial charge < -0.3 is 10.2 Å². The van der Waals surface area contributed by atoms with Crippen LogP contribution in [0.2, 0.25) is 0 Å². The van der Waals surface area contributed by atoms with Crippen LogP contribution in [0.25, 0.3) is 0 Å². The third-order valence-electron chi connectivity index (χ3n) is 2.12. The van der Waals surface area contributed by atoms with Crippen molar-refractivity contribution in [1.82, 2.24) is 10.2 Å². The maximum atomic E-state index is 12.4. The molecule has 14 heavy (non-hydrogen) atoms. The second kappa shape index (κ2) is 3.96. The van der Waals surface area contributed by atoms with Crippen LogP contribution in [0.4, 0.5) is 9.18 Å². The number of likely N-dealkylation sites (tertiary alicyclic amines) is 1. The highest BCUT2D eigenvalue weighted by Crippen LogP contribution is 2.12. The molecule has 0 spiro atoms. The van der Waals surface area contributed by atoms with E-state index in [9.17, 15) is 9.18 Å². The molecule has 2 amide bonds. The van der Waals surface area contributed by atoms with Crippen LogP contribution in [0.3, 0.4) is 0 Å². The standard InChI is InChI=1S/C9H11FN2OS/c10-7-5-12(6-7)9(13)11-4-8-2-1-3-14-8/h1-3,7H,4-6H2,(H,11,13). The SMILES string of the molecule is O=C(NCc1cccs1)N1CC(F)C1. The summed E-state index contributed by atoms with van der Waals surface area (Å²) in [6, 6.07) is 3.72. The highest BCUT2D eigenvalue weighted by atomic mass is 32.1. The quantitative estimate of drug-likeness (QED) is 0.797. The third-order valence-corrected chi connectivity index (χ3v) is 2.99. The number of thiophene rings is 1. The van der Waals surface area contributed by atoms with E-state index >= 15 is 0 Å². The van der Waals surface area contributed by atoms with Gasteiger partial charge in [0.15, 0.2) is 0 Å². The Morgan fingerprint density at radius 3 is 3.07 bits per heavy atom. The number of nitrogens with one attached hydrogen (secondary N) is 1. The van der Waals surface area contributed by atoms with Gasteiger partial charge in [-0.2, -0.15) is 0 Å². The first-order chi connectivity index (χ1) is 6.75. The fourth-order valence-corrected chi connectivity index (χ4v) is 1.92. The van der Waals surface area contributed by atoms with Crippen molar-refractivity contribution >= 4 is 17.4 Å². The van der Waals surface area contributed by atoms with E-state index in [0.29, 0.717) is 6.54 Å². The predicted octanol–water partition coefficient (Wildman–Crippen LogP) is 1.61. The van der Waals surface area contributed by atoms with Crippen LogP contribution in [0.15, 0.2) is 17.5 Å². The van der Waals surface area contributed by atoms with Crippen molar-refractivity contribution in [3.8, 4) is 0 Å². The molecule has 2 rings (SSSR count). The molecule has 0 unspecified atom stereocenters. The molecular weight excluding hydrogens is 203 g/mol. The molecule has 0 saturated carbocycles. The van der Waals surface area contributed by atoms with Gasteiger partial charge in [-0.1, -0.05) is 6.07 Å². The lowest BCUT2D eigenvalue weighted by molar-refractivity contribution is 0.0897. The largest absolute Gasteiger partial charge is 0.333 e. The number of carbonyl (C=O) groups is 1. The van der Waals surface area contributed by atoms with Crippen molar-refractivity contribution in [2.24, 2.45) is 0 Å². The maximum absolute atomic E-state index is 12.4. The highest BCUT2D eigenvalue weighted by molar-refractivity contribution is 7.09. The van der Waals surface area contributed by atoms with Crippen LogP contribution in [0.5, 0.6) is 0 Å². The van der Waals surface area contributed by atoms with Crippen LogP contribution in [-0.4, -0.2) is 30.2 Å². The van der Waals surface area contributed by atoms with E-state index in [2.05, 4.69) is 5.32 Å². The summed E-state index contributed by atoms with van der Waals surface area (Å²) in [5.74, 6) is 0. The van der Waals surface area contributed by atoms with Crippen molar-refractivity contribution in [2.45, 2.75) is 12.7 Å². The van der Waals surface area contributed by atoms with E-state index in [1.165, 1.54) is 4.90 Å². The molecular formula is C9H11FN2OS. The van der Waals surface area contributed by atoms with Crippen LogP contribution in [0.1, 0.15) is 4.88 Å². The number of carbonyl (C=O) groups excluding carboxylic acids is 1. The zero-order valence-electron chi connectivity index (χ0n) is 7.57. The molecule has 1 saturated heterocycles. The maximum Gasteiger partial charge on any atom is 0.317 e. The van der Waals surface area contributed by atoms with Crippen molar-refractivity contribution in [3.63, 3.8) is 0 Å². The smallest absolute Gasteiger partial charge is 0.317 e. The molecule has 1 aromatic heterocycles. The third kappa shape index (κ3) is 2.04. The summed E-state index contributed by atoms with van der Waals surface area (Å²) < 4.78 is 12.4. The minimum atomic E-state index is -0.831. The molecule has 5 heteroatoms. The van der Waals surface area contributed by atoms with E-state index in [-0.39, 0.29) is 19.1 Å². The van der Waals surface area contributed by atoms with Crippen LogP contribution >= 0.6 is 11.3 Å². The molecule has 0 aliphatic carbocycles. The first kappa shape index (κ1) is 9.45. The van der Waals surface area contributed by atoms with Crippen molar-refractivity contribution in [3.05, 3.63) is 22.4 Å². The number of hydrogen-bond acceptors (Lipinski definition) is 2. The Hall–Kier alpha value is -1.10. The van der Waals surface area contributed by atoms with Crippen LogP contribution < -0.4 is 5.32 Å². The molecule has 1 aromatic rings. The average molecular weight is 214 g/mol. The normalized spacial score (nSPS) is 16.5. The number of urea groups is 1. The first-order valence-electron chi connectivity index (χ1n) is 4.45. The molecule has 1 N–H and O–H groups in total. The number of hydrogen-bond donors (Lipinski definition) is 1. The minimum Gasteiger partial charge on any atom is -0.333 e. The van der Waals surface area contributed by atoms with Gasteiger partial charge in [0.2, 0.25) is 0 Å². The summed E-state index contributed by atoms with van der Waals surface area (Å²) in [5, 5.41) is 4.70. The lowest BCUT2D eigenvalue weighted by Gasteiger charge is -2.34. The first-order valence-corrected chi connectivity index (χ1v) is 5.33. The van der Waals surface area contributed by atoms with Gasteiger partial charge in [0.1, 0.15) is 6.17 Å². The molecule has 2 heterocycles. The fourth-order valence-electron chi connectivity index (χ4n) is 1.28. The topological polar surface area (TPSA) is 32.3 Å². The van der Waals surface area contributed by atoms with Gasteiger partial charge in [-0.25, -0.2) is 9.18 Å². The summed E-state index contributed by atoms with van der Waals surface area (Å²) in [5.41, 5.74) is 0. The molecule has 0 aromatic carbocycles. The average Bonchev–Trinajstić information content (AvgIpc) is 2.61. The van der Waals surface area contributed by atoms with E-state index in [4.69, 9.17) is 0 Å². The number of rotatable bonds is 2. The monoisotopic (exact) mass is 214 g/mol. The molecule has 1 aliphatic rings. The van der Waals surface area contributed by atoms with E-state index in [0.717, 1.165) is 4.88 Å². The van der Waals surface area contributed by atoms with Gasteiger partial charge >= 0.3 is 6.03 Å². The Labute approximate surface area is 85.5 Å². The van der Waals surface area contributed by atoms with Gasteiger partial charge in [0.25, 0.3) is 0 Å². The summed E-state index contributed by atoms with van der Waals surface area (Å²) >= 11 is 1.60. The molecule has 0 bridgehead atoms. The Bertz CT molecular complexity index is 309. The van der Waals surface area contributed by atoms with Crippen LogP contribution in [-0.2, 0) is 6.54 Å². The lowest BCUT2D eigenvalue weighted by atomic mass is 10.2. The molecule has 1 aliphatic heterocycles. The summed E-state index contributed by atoms with van der Waals surface area (Å²) in [7, 11) is 0. The van der Waals surface area contributed by atoms with Crippen LogP contribution in [0, 0.1) is 0 Å². The summed E-state index contributed by atoms with van der Waals surface area (Å²) in [6.45, 7) is 0.997. The summed E-state index contributed by atoms with van der Waals surface area (Å²) in [4.78, 5) is 13.9. The van der Waals surface area contributed by atoms with Gasteiger partial charge in [-0.3, -0.25) is 0 Å². The Balaban J connectivity index is 1.73. The van der Waals surface area contributed by atoms with E-state index in [1.54, 1.807) is 11.3 Å². The molecule has 76 valence electrons. The fraction of sp³-hybridized carbons (Fsp3) is 0.444. The second-order valence-electron chi connectivity index (χ2n) is 3.24. The molecule has 1 fully saturated rings. The lowest BCUT2D eigenvalue weighted by Crippen LogP contribution is -2.54. The van der Waals surface area contributed by atoms with E-state index < -0.39 is 6.17 Å². The number of halogens is 1. The Morgan fingerprint density at radius 2 is 2.50 bits per heavy atom. The number of alkyl halides is 1. The van der Waals surface area contributed by atoms with Crippen molar-refractivity contribution < 1.29 is 9.18 Å². The molecule has 3 nitrogen and oxygen atoms in total. The van der Waals surface area contributed by atoms with Gasteiger partial charge in [0.05, 0.1) is 19.6 Å². The van der Waals surface area contributed by atoms with E-state index in [1.807, 2.05) is 17.5 Å². The van der Waals surface area contributed by atoms with Gasteiger partial charge in [0, 0.05) is 4.88 Å². The molecule has 0 atom stereocenters. The number of nitrogens with zero attached hydrogens (tertiary/aromatic N) is 1. The predicted molar refractivity (Wildman–Crippen MR) is 53.0 cm³/mol. The molecule has 0 radical (unpaired) electrons. The zero-order chi connectivity index (χ0) is 9.97. The Kier molecular flexibility index (Phi) is 2.67. The van der Waals surface area contributed by atoms with Gasteiger partial charge in [-0.15, -0.1) is 11.3 Å². The highest BCUT2D eigenvalue weighted by Gasteiger charge is 2.29. The second-order valence-corrected chi connectivity index (χ2v) is 4.27. The van der Waals surface area contributed by atoms with Gasteiger partial charge in [-0.05, 0) is 11.4 Å². The number of amides is 2. The zero-order valence-corrected chi connectivity index (χ0v) is 8.39. The van der Waals surface area contributed by atoms with Crippen molar-refractivity contribution in [1.29, 1.82) is 0 Å². The summed E-state index contributed by atoms with van der Waals surface area (Å²) in [6.07, 6.45) is -0.831. The minimum absolute atomic E-state index is 0.174.